The van der Waals surface area contributed by atoms with Crippen LogP contribution >= 0.6 is 27.5 Å². The van der Waals surface area contributed by atoms with E-state index in [-0.39, 0.29) is 0 Å². The van der Waals surface area contributed by atoms with Gasteiger partial charge >= 0.3 is 0 Å². The zero-order chi connectivity index (χ0) is 15.8. The van der Waals surface area contributed by atoms with Crippen LogP contribution in [0, 0.1) is 0 Å². The molecule has 0 amide bonds. The van der Waals surface area contributed by atoms with E-state index in [1.165, 1.54) is 0 Å². The van der Waals surface area contributed by atoms with Crippen LogP contribution in [-0.4, -0.2) is 28.1 Å². The fourth-order valence-electron chi connectivity index (χ4n) is 2.72. The van der Waals surface area contributed by atoms with Gasteiger partial charge in [-0.05, 0) is 33.6 Å². The van der Waals surface area contributed by atoms with Gasteiger partial charge in [0.1, 0.15) is 18.8 Å². The number of pyridine rings is 1. The summed E-state index contributed by atoms with van der Waals surface area (Å²) in [6, 6.07) is 5.87. The normalized spacial score (nSPS) is 13.7. The van der Waals surface area contributed by atoms with Gasteiger partial charge in [-0.3, -0.25) is 4.98 Å². The minimum absolute atomic E-state index is 0.530. The highest BCUT2D eigenvalue weighted by molar-refractivity contribution is 9.10. The van der Waals surface area contributed by atoms with Crippen LogP contribution in [0.1, 0.15) is 5.56 Å². The van der Waals surface area contributed by atoms with E-state index >= 15 is 0 Å². The molecule has 7 heteroatoms. The predicted octanol–water partition coefficient (Wildman–Crippen LogP) is 3.84. The molecule has 0 bridgehead atoms. The van der Waals surface area contributed by atoms with Crippen molar-refractivity contribution < 1.29 is 4.74 Å². The molecule has 4 rings (SSSR count). The van der Waals surface area contributed by atoms with Crippen molar-refractivity contribution in [3.63, 3.8) is 0 Å². The van der Waals surface area contributed by atoms with E-state index in [1.54, 1.807) is 12.5 Å². The lowest BCUT2D eigenvalue weighted by Crippen LogP contribution is -2.27. The number of benzene rings is 1. The van der Waals surface area contributed by atoms with Crippen LogP contribution in [0.4, 0.5) is 5.82 Å². The van der Waals surface area contributed by atoms with Crippen molar-refractivity contribution >= 4 is 44.3 Å². The van der Waals surface area contributed by atoms with E-state index < -0.39 is 0 Å². The molecule has 0 N–H and O–H groups in total. The zero-order valence-corrected chi connectivity index (χ0v) is 14.4. The maximum absolute atomic E-state index is 6.40. The summed E-state index contributed by atoms with van der Waals surface area (Å²) in [6.45, 7) is 1.95. The van der Waals surface area contributed by atoms with Gasteiger partial charge in [0.05, 0.1) is 22.5 Å². The average Bonchev–Trinajstić information content (AvgIpc) is 2.75. The second-order valence-electron chi connectivity index (χ2n) is 5.22. The summed E-state index contributed by atoms with van der Waals surface area (Å²) in [6.07, 6.45) is 5.20. The third-order valence-electron chi connectivity index (χ3n) is 3.76. The fraction of sp³-hybridized carbons (Fsp3) is 0.188. The SMILES string of the molecule is Clc1c(Br)cc2ncnc3c2c1OCCN3Cc1cccnc1. The molecule has 0 unspecified atom stereocenters. The van der Waals surface area contributed by atoms with Gasteiger partial charge in [-0.25, -0.2) is 9.97 Å². The van der Waals surface area contributed by atoms with Gasteiger partial charge < -0.3 is 9.64 Å². The number of halogens is 2. The van der Waals surface area contributed by atoms with Crippen molar-refractivity contribution in [2.45, 2.75) is 6.54 Å². The predicted molar refractivity (Wildman–Crippen MR) is 93.0 cm³/mol. The van der Waals surface area contributed by atoms with Crippen LogP contribution in [0.5, 0.6) is 5.75 Å². The van der Waals surface area contributed by atoms with E-state index in [9.17, 15) is 0 Å². The van der Waals surface area contributed by atoms with Crippen LogP contribution in [-0.2, 0) is 6.54 Å². The maximum Gasteiger partial charge on any atom is 0.152 e. The summed E-state index contributed by atoms with van der Waals surface area (Å²) in [5.74, 6) is 1.47. The molecule has 0 spiro atoms. The standard InChI is InChI=1S/C16H12BrClN4O/c17-11-6-12-13-15(14(11)18)23-5-4-22(16(13)21-9-20-12)8-10-2-1-3-19-7-10/h1-3,6-7,9H,4-5,8H2. The molecule has 1 aliphatic heterocycles. The van der Waals surface area contributed by atoms with Crippen molar-refractivity contribution in [1.29, 1.82) is 0 Å². The van der Waals surface area contributed by atoms with Gasteiger partial charge in [0.2, 0.25) is 0 Å². The molecule has 0 aliphatic carbocycles. The second kappa shape index (κ2) is 5.94. The fourth-order valence-corrected chi connectivity index (χ4v) is 3.32. The van der Waals surface area contributed by atoms with Crippen molar-refractivity contribution in [2.24, 2.45) is 0 Å². The summed E-state index contributed by atoms with van der Waals surface area (Å²) in [5, 5.41) is 1.40. The number of hydrogen-bond donors (Lipinski definition) is 0. The molecule has 0 atom stereocenters. The van der Waals surface area contributed by atoms with E-state index in [0.717, 1.165) is 26.8 Å². The first-order valence-electron chi connectivity index (χ1n) is 7.13. The highest BCUT2D eigenvalue weighted by atomic mass is 79.9. The third-order valence-corrected chi connectivity index (χ3v) is 4.99. The highest BCUT2D eigenvalue weighted by Crippen LogP contribution is 2.43. The van der Waals surface area contributed by atoms with Crippen LogP contribution < -0.4 is 9.64 Å². The molecule has 1 aromatic carbocycles. The summed E-state index contributed by atoms with van der Waals surface area (Å²) in [5.41, 5.74) is 1.92. The smallest absolute Gasteiger partial charge is 0.152 e. The molecular formula is C16H12BrClN4O. The lowest BCUT2D eigenvalue weighted by molar-refractivity contribution is 0.331. The summed E-state index contributed by atoms with van der Waals surface area (Å²) >= 11 is 9.86. The van der Waals surface area contributed by atoms with Gasteiger partial charge in [0.15, 0.2) is 5.75 Å². The molecule has 3 heterocycles. The van der Waals surface area contributed by atoms with Crippen LogP contribution in [0.25, 0.3) is 10.9 Å². The molecule has 0 radical (unpaired) electrons. The number of aromatic nitrogens is 3. The summed E-state index contributed by atoms with van der Waals surface area (Å²) in [4.78, 5) is 15.2. The molecule has 2 aromatic heterocycles. The molecule has 3 aromatic rings. The average molecular weight is 392 g/mol. The van der Waals surface area contributed by atoms with Crippen LogP contribution in [0.2, 0.25) is 5.02 Å². The van der Waals surface area contributed by atoms with Crippen LogP contribution in [0.15, 0.2) is 41.4 Å². The Morgan fingerprint density at radius 2 is 2.26 bits per heavy atom. The minimum atomic E-state index is 0.530. The van der Waals surface area contributed by atoms with Crippen molar-refractivity contribution in [2.75, 3.05) is 18.1 Å². The second-order valence-corrected chi connectivity index (χ2v) is 6.46. The monoisotopic (exact) mass is 390 g/mol. The van der Waals surface area contributed by atoms with Gasteiger partial charge in [-0.1, -0.05) is 17.7 Å². The van der Waals surface area contributed by atoms with E-state index in [0.29, 0.717) is 30.5 Å². The topological polar surface area (TPSA) is 51.1 Å². The molecule has 23 heavy (non-hydrogen) atoms. The molecule has 5 nitrogen and oxygen atoms in total. The Hall–Kier alpha value is -1.92. The molecular weight excluding hydrogens is 380 g/mol. The Balaban J connectivity index is 1.87. The zero-order valence-electron chi connectivity index (χ0n) is 12.0. The van der Waals surface area contributed by atoms with E-state index in [1.807, 2.05) is 24.4 Å². The number of anilines is 1. The van der Waals surface area contributed by atoms with Crippen molar-refractivity contribution in [3.8, 4) is 5.75 Å². The Morgan fingerprint density at radius 1 is 1.35 bits per heavy atom. The van der Waals surface area contributed by atoms with Crippen LogP contribution in [0.3, 0.4) is 0 Å². The lowest BCUT2D eigenvalue weighted by Gasteiger charge is -2.22. The van der Waals surface area contributed by atoms with Gasteiger partial charge in [0.25, 0.3) is 0 Å². The number of rotatable bonds is 2. The van der Waals surface area contributed by atoms with Gasteiger partial charge in [0, 0.05) is 23.4 Å². The Labute approximate surface area is 146 Å². The Kier molecular flexibility index (Phi) is 3.79. The van der Waals surface area contributed by atoms with Gasteiger partial charge in [-0.15, -0.1) is 0 Å². The van der Waals surface area contributed by atoms with E-state index in [4.69, 9.17) is 16.3 Å². The maximum atomic E-state index is 6.40. The van der Waals surface area contributed by atoms with E-state index in [2.05, 4.69) is 35.8 Å². The lowest BCUT2D eigenvalue weighted by atomic mass is 10.2. The van der Waals surface area contributed by atoms with Crippen molar-refractivity contribution in [1.82, 2.24) is 15.0 Å². The molecule has 1 aliphatic rings. The summed E-state index contributed by atoms with van der Waals surface area (Å²) in [7, 11) is 0. The van der Waals surface area contributed by atoms with Crippen molar-refractivity contribution in [3.05, 3.63) is 52.0 Å². The molecule has 0 saturated heterocycles. The van der Waals surface area contributed by atoms with Gasteiger partial charge in [-0.2, -0.15) is 0 Å². The Morgan fingerprint density at radius 3 is 3.09 bits per heavy atom. The summed E-state index contributed by atoms with van der Waals surface area (Å²) < 4.78 is 6.67. The first-order chi connectivity index (χ1) is 11.2. The largest absolute Gasteiger partial charge is 0.489 e. The number of nitrogens with zero attached hydrogens (tertiary/aromatic N) is 4. The molecule has 0 fully saturated rings. The highest BCUT2D eigenvalue weighted by Gasteiger charge is 2.23. The first kappa shape index (κ1) is 14.7. The first-order valence-corrected chi connectivity index (χ1v) is 8.30. The Bertz CT molecular complexity index is 875. The molecule has 0 saturated carbocycles. The third kappa shape index (κ3) is 2.62. The quantitative estimate of drug-likeness (QED) is 0.664. The number of ether oxygens (including phenoxy) is 1. The molecule has 116 valence electrons. The number of hydrogen-bond acceptors (Lipinski definition) is 5. The minimum Gasteiger partial charge on any atom is -0.489 e.